The Kier molecular flexibility index (Phi) is 4.35. The molecular formula is C17H23N3O3. The van der Waals surface area contributed by atoms with Crippen LogP contribution >= 0.6 is 0 Å². The van der Waals surface area contributed by atoms with Crippen LogP contribution in [0, 0.1) is 22.0 Å². The minimum atomic E-state index is -0.401. The smallest absolute Gasteiger partial charge is 0.269 e. The summed E-state index contributed by atoms with van der Waals surface area (Å²) < 4.78 is 0. The van der Waals surface area contributed by atoms with Crippen molar-refractivity contribution in [2.24, 2.45) is 11.8 Å². The zero-order valence-corrected chi connectivity index (χ0v) is 13.6. The molecule has 4 atom stereocenters. The van der Waals surface area contributed by atoms with Gasteiger partial charge in [0.2, 0.25) is 5.91 Å². The first-order chi connectivity index (χ1) is 11.0. The molecule has 1 N–H and O–H groups in total. The summed E-state index contributed by atoms with van der Waals surface area (Å²) in [6.07, 6.45) is 0.836. The summed E-state index contributed by atoms with van der Waals surface area (Å²) >= 11 is 0. The Hall–Kier alpha value is -1.95. The Labute approximate surface area is 136 Å². The minimum Gasteiger partial charge on any atom is -0.352 e. The molecule has 1 aliphatic carbocycles. The Morgan fingerprint density at radius 1 is 1.35 bits per heavy atom. The molecule has 0 spiro atoms. The van der Waals surface area contributed by atoms with Crippen LogP contribution < -0.4 is 5.32 Å². The van der Waals surface area contributed by atoms with Crippen LogP contribution in [0.25, 0.3) is 0 Å². The molecule has 1 saturated carbocycles. The summed E-state index contributed by atoms with van der Waals surface area (Å²) in [4.78, 5) is 25.1. The first kappa shape index (κ1) is 15.9. The molecule has 2 fully saturated rings. The fourth-order valence-electron chi connectivity index (χ4n) is 3.50. The molecule has 0 bridgehead atoms. The highest BCUT2D eigenvalue weighted by Gasteiger charge is 2.45. The van der Waals surface area contributed by atoms with Crippen molar-refractivity contribution in [1.29, 1.82) is 0 Å². The third kappa shape index (κ3) is 3.37. The molecule has 6 heteroatoms. The van der Waals surface area contributed by atoms with Crippen molar-refractivity contribution < 1.29 is 9.72 Å². The van der Waals surface area contributed by atoms with Crippen molar-refractivity contribution in [2.45, 2.75) is 32.2 Å². The first-order valence-corrected chi connectivity index (χ1v) is 8.26. The fraction of sp³-hybridized carbons (Fsp3) is 0.588. The van der Waals surface area contributed by atoms with E-state index >= 15 is 0 Å². The number of hydrogen-bond donors (Lipinski definition) is 1. The van der Waals surface area contributed by atoms with Crippen LogP contribution in [0.2, 0.25) is 0 Å². The van der Waals surface area contributed by atoms with Crippen molar-refractivity contribution in [2.75, 3.05) is 19.6 Å². The summed E-state index contributed by atoms with van der Waals surface area (Å²) in [5, 5.41) is 13.9. The Morgan fingerprint density at radius 2 is 2.04 bits per heavy atom. The van der Waals surface area contributed by atoms with E-state index in [0.29, 0.717) is 5.92 Å². The van der Waals surface area contributed by atoms with E-state index < -0.39 is 4.92 Å². The monoisotopic (exact) mass is 317 g/mol. The molecule has 1 aromatic carbocycles. The van der Waals surface area contributed by atoms with Crippen LogP contribution in [0.15, 0.2) is 24.3 Å². The van der Waals surface area contributed by atoms with E-state index in [-0.39, 0.29) is 29.5 Å². The normalized spacial score (nSPS) is 30.2. The second-order valence-electron chi connectivity index (χ2n) is 6.74. The van der Waals surface area contributed by atoms with Gasteiger partial charge in [-0.3, -0.25) is 14.9 Å². The van der Waals surface area contributed by atoms with Crippen molar-refractivity contribution in [3.8, 4) is 0 Å². The number of likely N-dealkylation sites (tertiary alicyclic amines) is 1. The van der Waals surface area contributed by atoms with Gasteiger partial charge in [0.15, 0.2) is 0 Å². The second kappa shape index (κ2) is 6.28. The van der Waals surface area contributed by atoms with Crippen molar-refractivity contribution >= 4 is 11.6 Å². The number of likely N-dealkylation sites (N-methyl/N-ethyl adjacent to an activating group) is 1. The van der Waals surface area contributed by atoms with Gasteiger partial charge in [0.25, 0.3) is 5.69 Å². The van der Waals surface area contributed by atoms with E-state index in [1.54, 1.807) is 12.1 Å². The number of nitro benzene ring substituents is 1. The number of carbonyl (C=O) groups excluding carboxylic acids is 1. The summed E-state index contributed by atoms with van der Waals surface area (Å²) in [6.45, 7) is 7.31. The Morgan fingerprint density at radius 3 is 2.61 bits per heavy atom. The van der Waals surface area contributed by atoms with Crippen LogP contribution in [-0.4, -0.2) is 41.4 Å². The zero-order valence-electron chi connectivity index (χ0n) is 13.6. The largest absolute Gasteiger partial charge is 0.352 e. The summed E-state index contributed by atoms with van der Waals surface area (Å²) in [7, 11) is 0. The van der Waals surface area contributed by atoms with Gasteiger partial charge in [-0.2, -0.15) is 0 Å². The lowest BCUT2D eigenvalue weighted by molar-refractivity contribution is -0.384. The molecule has 0 aromatic heterocycles. The minimum absolute atomic E-state index is 0.0133. The van der Waals surface area contributed by atoms with Crippen molar-refractivity contribution in [3.63, 3.8) is 0 Å². The standard InChI is InChI=1S/C17H23N3O3/c1-3-19-9-11(2)16(10-19)18-17(21)15-8-14(15)12-4-6-13(7-5-12)20(22)23/h4-7,11,14-16H,3,8-10H2,1-2H3,(H,18,21)/t11?,14-,15+,16?/m0/s1. The van der Waals surface area contributed by atoms with Crippen molar-refractivity contribution in [1.82, 2.24) is 10.2 Å². The second-order valence-corrected chi connectivity index (χ2v) is 6.74. The Bertz CT molecular complexity index is 602. The molecule has 3 rings (SSSR count). The number of benzene rings is 1. The van der Waals surface area contributed by atoms with E-state index in [1.807, 2.05) is 0 Å². The predicted molar refractivity (Wildman–Crippen MR) is 87.2 cm³/mol. The zero-order chi connectivity index (χ0) is 16.6. The van der Waals surface area contributed by atoms with E-state index in [2.05, 4.69) is 24.1 Å². The topological polar surface area (TPSA) is 75.5 Å². The lowest BCUT2D eigenvalue weighted by Crippen LogP contribution is -2.40. The highest BCUT2D eigenvalue weighted by molar-refractivity contribution is 5.83. The molecule has 1 amide bonds. The van der Waals surface area contributed by atoms with E-state index in [1.165, 1.54) is 12.1 Å². The van der Waals surface area contributed by atoms with Crippen LogP contribution in [0.5, 0.6) is 0 Å². The number of nitrogens with one attached hydrogen (secondary N) is 1. The SMILES string of the molecule is CCN1CC(C)C(NC(=O)[C@@H]2C[C@H]2c2ccc([N+](=O)[O-])cc2)C1. The quantitative estimate of drug-likeness (QED) is 0.667. The summed E-state index contributed by atoms with van der Waals surface area (Å²) in [6, 6.07) is 6.81. The number of carbonyl (C=O) groups is 1. The van der Waals surface area contributed by atoms with Crippen LogP contribution in [0.3, 0.4) is 0 Å². The maximum Gasteiger partial charge on any atom is 0.269 e. The van der Waals surface area contributed by atoms with Crippen molar-refractivity contribution in [3.05, 3.63) is 39.9 Å². The number of rotatable bonds is 5. The number of nitro groups is 1. The van der Waals surface area contributed by atoms with Gasteiger partial charge >= 0.3 is 0 Å². The molecule has 124 valence electrons. The number of nitrogens with zero attached hydrogens (tertiary/aromatic N) is 2. The maximum atomic E-state index is 12.4. The van der Waals surface area contributed by atoms with Gasteiger partial charge in [0.1, 0.15) is 0 Å². The molecule has 23 heavy (non-hydrogen) atoms. The summed E-state index contributed by atoms with van der Waals surface area (Å²) in [5.41, 5.74) is 1.11. The van der Waals surface area contributed by atoms with E-state index in [0.717, 1.165) is 31.6 Å². The van der Waals surface area contributed by atoms with Gasteiger partial charge in [-0.1, -0.05) is 26.0 Å². The van der Waals surface area contributed by atoms with Crippen LogP contribution in [0.4, 0.5) is 5.69 Å². The van der Waals surface area contributed by atoms with E-state index in [4.69, 9.17) is 0 Å². The van der Waals surface area contributed by atoms with Gasteiger partial charge in [-0.05, 0) is 30.4 Å². The first-order valence-electron chi connectivity index (χ1n) is 8.26. The average molecular weight is 317 g/mol. The van der Waals surface area contributed by atoms with Gasteiger partial charge < -0.3 is 10.2 Å². The molecule has 1 saturated heterocycles. The Balaban J connectivity index is 1.55. The van der Waals surface area contributed by atoms with Gasteiger partial charge in [0, 0.05) is 37.2 Å². The van der Waals surface area contributed by atoms with E-state index in [9.17, 15) is 14.9 Å². The predicted octanol–water partition coefficient (Wildman–Crippen LogP) is 2.15. The number of non-ortho nitro benzene ring substituents is 1. The number of amides is 1. The molecule has 1 aliphatic heterocycles. The molecule has 2 unspecified atom stereocenters. The van der Waals surface area contributed by atoms with Crippen LogP contribution in [0.1, 0.15) is 31.7 Å². The molecule has 1 heterocycles. The average Bonchev–Trinajstić information content (AvgIpc) is 3.27. The van der Waals surface area contributed by atoms with Crippen LogP contribution in [-0.2, 0) is 4.79 Å². The molecular weight excluding hydrogens is 294 g/mol. The molecule has 0 radical (unpaired) electrons. The molecule has 2 aliphatic rings. The lowest BCUT2D eigenvalue weighted by Gasteiger charge is -2.16. The lowest BCUT2D eigenvalue weighted by atomic mass is 10.1. The molecule has 1 aromatic rings. The maximum absolute atomic E-state index is 12.4. The third-order valence-electron chi connectivity index (χ3n) is 5.12. The van der Waals surface area contributed by atoms with Gasteiger partial charge in [0.05, 0.1) is 4.92 Å². The summed E-state index contributed by atoms with van der Waals surface area (Å²) in [5.74, 6) is 0.827. The van der Waals surface area contributed by atoms with Gasteiger partial charge in [-0.25, -0.2) is 0 Å². The highest BCUT2D eigenvalue weighted by atomic mass is 16.6. The number of hydrogen-bond acceptors (Lipinski definition) is 4. The highest BCUT2D eigenvalue weighted by Crippen LogP contribution is 2.47. The fourth-order valence-corrected chi connectivity index (χ4v) is 3.50. The molecule has 6 nitrogen and oxygen atoms in total. The van der Waals surface area contributed by atoms with Gasteiger partial charge in [-0.15, -0.1) is 0 Å². The third-order valence-corrected chi connectivity index (χ3v) is 5.12.